The number of aromatic nitrogens is 8. The first-order valence-electron chi connectivity index (χ1n) is 16.5. The topological polar surface area (TPSA) is 135 Å². The van der Waals surface area contributed by atoms with Gasteiger partial charge in [-0.2, -0.15) is 18.3 Å². The number of nitrogens with one attached hydrogen (secondary N) is 1. The summed E-state index contributed by atoms with van der Waals surface area (Å²) in [5, 5.41) is 14.8. The van der Waals surface area contributed by atoms with E-state index < -0.39 is 31.5 Å². The lowest BCUT2D eigenvalue weighted by Gasteiger charge is -2.22. The highest BCUT2D eigenvalue weighted by molar-refractivity contribution is 6.76. The lowest BCUT2D eigenvalue weighted by Crippen LogP contribution is -2.27. The number of anilines is 1. The summed E-state index contributed by atoms with van der Waals surface area (Å²) < 4.78 is 50.0. The first kappa shape index (κ1) is 36.1. The van der Waals surface area contributed by atoms with E-state index in [9.17, 15) is 22.8 Å². The third-order valence-corrected chi connectivity index (χ3v) is 10.6. The molecule has 4 aromatic heterocycles. The minimum Gasteiger partial charge on any atom is -0.360 e. The number of rotatable bonds is 8. The Hall–Kier alpha value is -4.67. The second-order valence-corrected chi connectivity index (χ2v) is 19.8. The van der Waals surface area contributed by atoms with E-state index in [0.29, 0.717) is 42.9 Å². The maximum absolute atomic E-state index is 13.9. The predicted octanol–water partition coefficient (Wildman–Crippen LogP) is 7.08. The maximum atomic E-state index is 13.9. The van der Waals surface area contributed by atoms with E-state index in [-0.39, 0.29) is 40.5 Å². The van der Waals surface area contributed by atoms with Crippen LogP contribution in [0.3, 0.4) is 0 Å². The van der Waals surface area contributed by atoms with Gasteiger partial charge >= 0.3 is 6.18 Å². The number of hydrogen-bond donors (Lipinski definition) is 1. The fourth-order valence-electron chi connectivity index (χ4n) is 5.84. The van der Waals surface area contributed by atoms with Crippen molar-refractivity contribution in [1.29, 1.82) is 0 Å². The molecule has 5 heterocycles. The summed E-state index contributed by atoms with van der Waals surface area (Å²) in [6.07, 6.45) is 2.36. The van der Waals surface area contributed by atoms with Gasteiger partial charge in [-0.25, -0.2) is 14.3 Å². The summed E-state index contributed by atoms with van der Waals surface area (Å²) in [7, 11) is -1.31. The van der Waals surface area contributed by atoms with E-state index in [1.165, 1.54) is 35.2 Å². The monoisotopic (exact) mass is 739 g/mol. The standard InChI is InChI=1S/C34H37ClF3N9O3Si/c1-21-6-5-7-29(26-14-22(10-11-39-26)32-27(42-33(21)49)17-41-47(32)20-50-12-13-51(2,3)4)45-19-40-25(16-31(45)48)24-15-23(35)8-9-28(24)46-18-30(43-44-46)34(36,37)38/h8-11,14-19,21,29H,5-7,12-13,20H2,1-4H3,(H,42,49)/t21-,29+/m1/s1. The van der Waals surface area contributed by atoms with Crippen molar-refractivity contribution >= 4 is 31.3 Å². The van der Waals surface area contributed by atoms with Crippen molar-refractivity contribution < 1.29 is 22.7 Å². The van der Waals surface area contributed by atoms with Crippen LogP contribution in [0.5, 0.6) is 0 Å². The average Bonchev–Trinajstić information content (AvgIpc) is 3.72. The third kappa shape index (κ3) is 8.29. The molecule has 0 saturated carbocycles. The van der Waals surface area contributed by atoms with Gasteiger partial charge in [0.2, 0.25) is 5.91 Å². The summed E-state index contributed by atoms with van der Waals surface area (Å²) in [5.74, 6) is -0.467. The molecular formula is C34H37ClF3N9O3Si. The number of carbonyl (C=O) groups is 1. The van der Waals surface area contributed by atoms with E-state index in [2.05, 4.69) is 50.3 Å². The molecule has 0 saturated heterocycles. The van der Waals surface area contributed by atoms with Crippen molar-refractivity contribution in [1.82, 2.24) is 39.3 Å². The largest absolute Gasteiger partial charge is 0.436 e. The molecule has 0 fully saturated rings. The Morgan fingerprint density at radius 3 is 2.61 bits per heavy atom. The van der Waals surface area contributed by atoms with Crippen LogP contribution >= 0.6 is 11.6 Å². The van der Waals surface area contributed by atoms with Crippen LogP contribution in [0, 0.1) is 5.92 Å². The van der Waals surface area contributed by atoms with Crippen LogP contribution < -0.4 is 10.9 Å². The van der Waals surface area contributed by atoms with E-state index in [0.717, 1.165) is 22.5 Å². The minimum absolute atomic E-state index is 0.142. The summed E-state index contributed by atoms with van der Waals surface area (Å²) in [4.78, 5) is 36.4. The third-order valence-electron chi connectivity index (χ3n) is 8.70. The highest BCUT2D eigenvalue weighted by atomic mass is 35.5. The molecule has 51 heavy (non-hydrogen) atoms. The van der Waals surface area contributed by atoms with Gasteiger partial charge in [-0.1, -0.05) is 49.8 Å². The molecule has 1 aliphatic heterocycles. The van der Waals surface area contributed by atoms with E-state index in [1.807, 2.05) is 19.1 Å². The van der Waals surface area contributed by atoms with Crippen molar-refractivity contribution in [3.05, 3.63) is 88.1 Å². The number of alkyl halides is 3. The van der Waals surface area contributed by atoms with Crippen LogP contribution in [0.25, 0.3) is 28.2 Å². The number of ether oxygens (including phenoxy) is 1. The molecule has 17 heteroatoms. The van der Waals surface area contributed by atoms with Crippen molar-refractivity contribution in [3.8, 4) is 28.2 Å². The highest BCUT2D eigenvalue weighted by Gasteiger charge is 2.35. The molecule has 12 nitrogen and oxygen atoms in total. The molecule has 6 rings (SSSR count). The number of hydrogen-bond acceptors (Lipinski definition) is 8. The second kappa shape index (κ2) is 14.5. The normalized spacial score (nSPS) is 17.0. The van der Waals surface area contributed by atoms with E-state index in [1.54, 1.807) is 17.1 Å². The van der Waals surface area contributed by atoms with Crippen LogP contribution in [0.15, 0.2) is 66.1 Å². The van der Waals surface area contributed by atoms with E-state index in [4.69, 9.17) is 16.3 Å². The maximum Gasteiger partial charge on any atom is 0.436 e. The first-order chi connectivity index (χ1) is 24.2. The van der Waals surface area contributed by atoms with Crippen LogP contribution in [0.2, 0.25) is 30.7 Å². The Morgan fingerprint density at radius 1 is 1.08 bits per heavy atom. The molecule has 0 aliphatic carbocycles. The van der Waals surface area contributed by atoms with Crippen LogP contribution in [0.4, 0.5) is 18.9 Å². The summed E-state index contributed by atoms with van der Waals surface area (Å²) in [6.45, 7) is 9.47. The van der Waals surface area contributed by atoms with E-state index >= 15 is 0 Å². The van der Waals surface area contributed by atoms with Gasteiger partial charge < -0.3 is 10.1 Å². The lowest BCUT2D eigenvalue weighted by atomic mass is 9.97. The molecule has 1 N–H and O–H groups in total. The van der Waals surface area contributed by atoms with Crippen molar-refractivity contribution in [2.45, 2.75) is 70.8 Å². The van der Waals surface area contributed by atoms with Gasteiger partial charge in [0.05, 0.1) is 53.2 Å². The molecule has 268 valence electrons. The van der Waals surface area contributed by atoms with Gasteiger partial charge in [0.15, 0.2) is 5.69 Å². The summed E-state index contributed by atoms with van der Waals surface area (Å²) >= 11 is 6.28. The van der Waals surface area contributed by atoms with Gasteiger partial charge in [-0.05, 0) is 49.2 Å². The van der Waals surface area contributed by atoms with Crippen molar-refractivity contribution in [3.63, 3.8) is 0 Å². The average molecular weight is 740 g/mol. The molecule has 1 aromatic carbocycles. The van der Waals surface area contributed by atoms with Crippen LogP contribution in [0.1, 0.15) is 43.6 Å². The molecule has 0 radical (unpaired) electrons. The predicted molar refractivity (Wildman–Crippen MR) is 188 cm³/mol. The molecule has 1 aliphatic rings. The second-order valence-electron chi connectivity index (χ2n) is 13.8. The fourth-order valence-corrected chi connectivity index (χ4v) is 6.77. The smallest absolute Gasteiger partial charge is 0.360 e. The zero-order valence-corrected chi connectivity index (χ0v) is 30.2. The Labute approximate surface area is 297 Å². The Kier molecular flexibility index (Phi) is 10.3. The Bertz CT molecular complexity index is 2110. The number of pyridine rings is 1. The van der Waals surface area contributed by atoms with Gasteiger partial charge in [-0.3, -0.25) is 19.1 Å². The molecular weight excluding hydrogens is 703 g/mol. The summed E-state index contributed by atoms with van der Waals surface area (Å²) in [6, 6.07) is 9.92. The SMILES string of the molecule is C[C@@H]1CCC[C@H](n2cnc(-c3cc(Cl)ccc3-n3cc(C(F)(F)F)nn3)cc2=O)c2cc(ccn2)-c2c(cnn2COCC[Si](C)(C)C)NC1=O. The highest BCUT2D eigenvalue weighted by Crippen LogP contribution is 2.34. The lowest BCUT2D eigenvalue weighted by molar-refractivity contribution is -0.141. The van der Waals surface area contributed by atoms with Gasteiger partial charge in [0.1, 0.15) is 6.73 Å². The number of amides is 1. The zero-order chi connectivity index (χ0) is 36.5. The van der Waals surface area contributed by atoms with Gasteiger partial charge in [0.25, 0.3) is 5.56 Å². The van der Waals surface area contributed by atoms with Crippen LogP contribution in [-0.4, -0.2) is 59.9 Å². The number of carbonyl (C=O) groups excluding carboxylic acids is 1. The molecule has 5 aromatic rings. The molecule has 0 unspecified atom stereocenters. The molecule has 1 amide bonds. The van der Waals surface area contributed by atoms with Crippen molar-refractivity contribution in [2.75, 3.05) is 11.9 Å². The number of fused-ring (bicyclic) bond motifs is 4. The van der Waals surface area contributed by atoms with Crippen molar-refractivity contribution in [2.24, 2.45) is 5.92 Å². The van der Waals surface area contributed by atoms with Gasteiger partial charge in [-0.15, -0.1) is 5.10 Å². The quantitative estimate of drug-likeness (QED) is 0.132. The first-order valence-corrected chi connectivity index (χ1v) is 20.6. The molecule has 2 atom stereocenters. The molecule has 0 spiro atoms. The molecule has 2 bridgehead atoms. The Balaban J connectivity index is 1.37. The van der Waals surface area contributed by atoms with Crippen LogP contribution in [-0.2, 0) is 22.4 Å². The van der Waals surface area contributed by atoms with Gasteiger partial charge in [0, 0.05) is 49.0 Å². The fraction of sp³-hybridized carbons (Fsp3) is 0.382. The Morgan fingerprint density at radius 2 is 1.88 bits per heavy atom. The number of nitrogens with zero attached hydrogens (tertiary/aromatic N) is 8. The number of halogens is 4. The zero-order valence-electron chi connectivity index (χ0n) is 28.5. The minimum atomic E-state index is -4.69. The number of benzene rings is 1. The summed E-state index contributed by atoms with van der Waals surface area (Å²) in [5.41, 5.74) is 1.62.